The highest BCUT2D eigenvalue weighted by Gasteiger charge is 2.07. The van der Waals surface area contributed by atoms with Crippen LogP contribution in [-0.4, -0.2) is 10.5 Å². The van der Waals surface area contributed by atoms with Crippen molar-refractivity contribution < 1.29 is 4.79 Å². The second-order valence-corrected chi connectivity index (χ2v) is 4.66. The van der Waals surface area contributed by atoms with Crippen molar-refractivity contribution >= 4 is 11.6 Å². The van der Waals surface area contributed by atoms with Crippen molar-refractivity contribution in [3.8, 4) is 0 Å². The summed E-state index contributed by atoms with van der Waals surface area (Å²) in [5.74, 6) is 0.0231. The molecule has 2 rings (SSSR count). The van der Waals surface area contributed by atoms with Crippen LogP contribution in [0, 0.1) is 13.8 Å². The molecule has 0 bridgehead atoms. The third-order valence-electron chi connectivity index (χ3n) is 3.14. The molecule has 94 valence electrons. The Balaban J connectivity index is 2.05. The number of anilines is 1. The van der Waals surface area contributed by atoms with Crippen molar-refractivity contribution in [3.05, 3.63) is 53.3 Å². The van der Waals surface area contributed by atoms with Crippen LogP contribution in [0.15, 0.2) is 36.7 Å². The molecule has 0 atom stereocenters. The fourth-order valence-electron chi connectivity index (χ4n) is 1.93. The smallest absolute Gasteiger partial charge is 0.228 e. The molecular formula is C15H18N2O. The molecule has 3 nitrogen and oxygen atoms in total. The molecule has 18 heavy (non-hydrogen) atoms. The summed E-state index contributed by atoms with van der Waals surface area (Å²) in [4.78, 5) is 11.9. The average molecular weight is 242 g/mol. The number of rotatable bonds is 3. The maximum Gasteiger partial charge on any atom is 0.228 e. The molecular weight excluding hydrogens is 224 g/mol. The minimum atomic E-state index is 0.0231. The zero-order chi connectivity index (χ0) is 13.1. The topological polar surface area (TPSA) is 34.0 Å². The lowest BCUT2D eigenvalue weighted by Gasteiger charge is -2.09. The molecule has 0 saturated carbocycles. The number of carbonyl (C=O) groups is 1. The van der Waals surface area contributed by atoms with Gasteiger partial charge in [0.2, 0.25) is 5.91 Å². The summed E-state index contributed by atoms with van der Waals surface area (Å²) in [6.07, 6.45) is 4.32. The van der Waals surface area contributed by atoms with Crippen LogP contribution < -0.4 is 5.32 Å². The van der Waals surface area contributed by atoms with Crippen LogP contribution in [0.3, 0.4) is 0 Å². The summed E-state index contributed by atoms with van der Waals surface area (Å²) in [6, 6.07) is 7.90. The monoisotopic (exact) mass is 242 g/mol. The molecule has 1 amide bonds. The lowest BCUT2D eigenvalue weighted by molar-refractivity contribution is -0.115. The van der Waals surface area contributed by atoms with Gasteiger partial charge in [-0.1, -0.05) is 12.1 Å². The van der Waals surface area contributed by atoms with Gasteiger partial charge in [-0.15, -0.1) is 0 Å². The standard InChI is InChI=1S/C15H18N2O/c1-11-5-4-6-14(12(11)2)16-15(18)9-13-7-8-17(3)10-13/h4-8,10H,9H2,1-3H3,(H,16,18). The van der Waals surface area contributed by atoms with Crippen molar-refractivity contribution in [1.82, 2.24) is 4.57 Å². The first-order valence-electron chi connectivity index (χ1n) is 6.03. The summed E-state index contributed by atoms with van der Waals surface area (Å²) in [5, 5.41) is 2.96. The Bertz CT molecular complexity index is 570. The van der Waals surface area contributed by atoms with E-state index in [1.807, 2.05) is 62.1 Å². The van der Waals surface area contributed by atoms with E-state index >= 15 is 0 Å². The van der Waals surface area contributed by atoms with Gasteiger partial charge in [-0.25, -0.2) is 0 Å². The Hall–Kier alpha value is -2.03. The molecule has 0 aliphatic rings. The van der Waals surface area contributed by atoms with Gasteiger partial charge in [0.05, 0.1) is 6.42 Å². The second-order valence-electron chi connectivity index (χ2n) is 4.66. The average Bonchev–Trinajstić information content (AvgIpc) is 2.70. The normalized spacial score (nSPS) is 10.4. The summed E-state index contributed by atoms with van der Waals surface area (Å²) in [5.41, 5.74) is 4.24. The third kappa shape index (κ3) is 2.80. The summed E-state index contributed by atoms with van der Waals surface area (Å²) in [7, 11) is 1.95. The van der Waals surface area contributed by atoms with Gasteiger partial charge in [0.1, 0.15) is 0 Å². The number of nitrogens with one attached hydrogen (secondary N) is 1. The zero-order valence-corrected chi connectivity index (χ0v) is 11.0. The minimum Gasteiger partial charge on any atom is -0.357 e. The van der Waals surface area contributed by atoms with Crippen LogP contribution in [0.5, 0.6) is 0 Å². The van der Waals surface area contributed by atoms with Gasteiger partial charge >= 0.3 is 0 Å². The maximum absolute atomic E-state index is 11.9. The van der Waals surface area contributed by atoms with Crippen molar-refractivity contribution in [1.29, 1.82) is 0 Å². The molecule has 0 radical (unpaired) electrons. The first kappa shape index (κ1) is 12.4. The van der Waals surface area contributed by atoms with E-state index in [1.54, 1.807) is 0 Å². The number of aryl methyl sites for hydroxylation is 2. The van der Waals surface area contributed by atoms with E-state index in [0.717, 1.165) is 16.8 Å². The van der Waals surface area contributed by atoms with Crippen molar-refractivity contribution in [2.24, 2.45) is 7.05 Å². The van der Waals surface area contributed by atoms with Gasteiger partial charge < -0.3 is 9.88 Å². The van der Waals surface area contributed by atoms with Crippen LogP contribution in [0.1, 0.15) is 16.7 Å². The number of amides is 1. The van der Waals surface area contributed by atoms with Gasteiger partial charge in [0, 0.05) is 25.1 Å². The van der Waals surface area contributed by atoms with Gasteiger partial charge in [0.25, 0.3) is 0 Å². The van der Waals surface area contributed by atoms with Crippen molar-refractivity contribution in [2.75, 3.05) is 5.32 Å². The highest BCUT2D eigenvalue weighted by molar-refractivity contribution is 5.93. The van der Waals surface area contributed by atoms with Crippen LogP contribution in [0.2, 0.25) is 0 Å². The van der Waals surface area contributed by atoms with Crippen LogP contribution >= 0.6 is 0 Å². The lowest BCUT2D eigenvalue weighted by atomic mass is 10.1. The lowest BCUT2D eigenvalue weighted by Crippen LogP contribution is -2.15. The molecule has 1 aromatic carbocycles. The van der Waals surface area contributed by atoms with Gasteiger partial charge in [-0.3, -0.25) is 4.79 Å². The number of hydrogen-bond donors (Lipinski definition) is 1. The fourth-order valence-corrected chi connectivity index (χ4v) is 1.93. The number of aromatic nitrogens is 1. The van der Waals surface area contributed by atoms with Crippen molar-refractivity contribution in [2.45, 2.75) is 20.3 Å². The second kappa shape index (κ2) is 5.08. The summed E-state index contributed by atoms with van der Waals surface area (Å²) < 4.78 is 1.94. The summed E-state index contributed by atoms with van der Waals surface area (Å²) in [6.45, 7) is 4.07. The third-order valence-corrected chi connectivity index (χ3v) is 3.14. The Morgan fingerprint density at radius 1 is 1.28 bits per heavy atom. The van der Waals surface area contributed by atoms with E-state index in [4.69, 9.17) is 0 Å². The van der Waals surface area contributed by atoms with E-state index < -0.39 is 0 Å². The van der Waals surface area contributed by atoms with Gasteiger partial charge in [-0.05, 0) is 42.7 Å². The number of hydrogen-bond acceptors (Lipinski definition) is 1. The molecule has 1 N–H and O–H groups in total. The first-order chi connectivity index (χ1) is 8.56. The van der Waals surface area contributed by atoms with Crippen LogP contribution in [0.4, 0.5) is 5.69 Å². The predicted octanol–water partition coefficient (Wildman–Crippen LogP) is 2.82. The van der Waals surface area contributed by atoms with Crippen LogP contribution in [0.25, 0.3) is 0 Å². The molecule has 0 fully saturated rings. The predicted molar refractivity (Wildman–Crippen MR) is 73.7 cm³/mol. The van der Waals surface area contributed by atoms with Gasteiger partial charge in [0.15, 0.2) is 0 Å². The highest BCUT2D eigenvalue weighted by Crippen LogP contribution is 2.18. The molecule has 1 aromatic heterocycles. The first-order valence-corrected chi connectivity index (χ1v) is 6.03. The number of carbonyl (C=O) groups excluding carboxylic acids is 1. The molecule has 0 spiro atoms. The Morgan fingerprint density at radius 2 is 2.06 bits per heavy atom. The fraction of sp³-hybridized carbons (Fsp3) is 0.267. The van der Waals surface area contributed by atoms with Crippen LogP contribution in [-0.2, 0) is 18.3 Å². The van der Waals surface area contributed by atoms with E-state index in [0.29, 0.717) is 6.42 Å². The molecule has 1 heterocycles. The maximum atomic E-state index is 11.9. The molecule has 0 aliphatic heterocycles. The van der Waals surface area contributed by atoms with E-state index in [1.165, 1.54) is 5.56 Å². The van der Waals surface area contributed by atoms with Gasteiger partial charge in [-0.2, -0.15) is 0 Å². The van der Waals surface area contributed by atoms with E-state index in [2.05, 4.69) is 5.32 Å². The van der Waals surface area contributed by atoms with Crippen molar-refractivity contribution in [3.63, 3.8) is 0 Å². The minimum absolute atomic E-state index is 0.0231. The quantitative estimate of drug-likeness (QED) is 0.882. The van der Waals surface area contributed by atoms with E-state index in [9.17, 15) is 4.79 Å². The molecule has 0 aliphatic carbocycles. The highest BCUT2D eigenvalue weighted by atomic mass is 16.1. The Kier molecular flexibility index (Phi) is 3.51. The van der Waals surface area contributed by atoms with E-state index in [-0.39, 0.29) is 5.91 Å². The SMILES string of the molecule is Cc1cccc(NC(=O)Cc2ccn(C)c2)c1C. The molecule has 0 saturated heterocycles. The zero-order valence-electron chi connectivity index (χ0n) is 11.0. The number of nitrogens with zero attached hydrogens (tertiary/aromatic N) is 1. The molecule has 3 heteroatoms. The Morgan fingerprint density at radius 3 is 2.72 bits per heavy atom. The summed E-state index contributed by atoms with van der Waals surface area (Å²) >= 11 is 0. The Labute approximate surface area is 107 Å². The molecule has 2 aromatic rings. The molecule has 0 unspecified atom stereocenters. The largest absolute Gasteiger partial charge is 0.357 e. The number of benzene rings is 1.